The lowest BCUT2D eigenvalue weighted by molar-refractivity contribution is -0.0501. The van der Waals surface area contributed by atoms with Crippen LogP contribution < -0.4 is 13.7 Å². The standard InChI is InChI=1S/C13H12F3NO5S/c1-7-9-6-11(21-3)10(20-2)4-8(9)5-12(17-7)22-23(18,19)13(14,15)16/h4-6H,1-3H3. The molecule has 0 N–H and O–H groups in total. The van der Waals surface area contributed by atoms with Crippen LogP contribution >= 0.6 is 0 Å². The highest BCUT2D eigenvalue weighted by molar-refractivity contribution is 7.87. The van der Waals surface area contributed by atoms with Crippen molar-refractivity contribution in [1.29, 1.82) is 0 Å². The number of alkyl halides is 3. The third-order valence-electron chi connectivity index (χ3n) is 2.98. The van der Waals surface area contributed by atoms with Gasteiger partial charge in [0.25, 0.3) is 0 Å². The predicted octanol–water partition coefficient (Wildman–Crippen LogP) is 2.79. The minimum atomic E-state index is -5.78. The minimum absolute atomic E-state index is 0.274. The van der Waals surface area contributed by atoms with Gasteiger partial charge in [-0.1, -0.05) is 0 Å². The van der Waals surface area contributed by atoms with Crippen LogP contribution in [-0.2, 0) is 10.1 Å². The molecular formula is C13H12F3NO5S. The summed E-state index contributed by atoms with van der Waals surface area (Å²) in [6.45, 7) is 1.50. The zero-order valence-electron chi connectivity index (χ0n) is 12.3. The monoisotopic (exact) mass is 351 g/mol. The summed E-state index contributed by atoms with van der Waals surface area (Å²) in [7, 11) is -2.96. The average Bonchev–Trinajstić information content (AvgIpc) is 2.44. The van der Waals surface area contributed by atoms with Crippen molar-refractivity contribution in [3.63, 3.8) is 0 Å². The molecule has 1 aromatic carbocycles. The van der Waals surface area contributed by atoms with Crippen LogP contribution in [-0.4, -0.2) is 33.1 Å². The Bertz CT molecular complexity index is 849. The Morgan fingerprint density at radius 2 is 1.61 bits per heavy atom. The van der Waals surface area contributed by atoms with Gasteiger partial charge in [0.15, 0.2) is 11.5 Å². The maximum atomic E-state index is 12.4. The molecule has 0 saturated carbocycles. The molecule has 1 aromatic heterocycles. The molecule has 2 aromatic rings. The summed E-state index contributed by atoms with van der Waals surface area (Å²) in [5.41, 5.74) is -5.26. The number of hydrogen-bond donors (Lipinski definition) is 0. The van der Waals surface area contributed by atoms with Crippen molar-refractivity contribution in [2.24, 2.45) is 0 Å². The number of aromatic nitrogens is 1. The van der Waals surface area contributed by atoms with Gasteiger partial charge >= 0.3 is 15.6 Å². The number of rotatable bonds is 4. The summed E-state index contributed by atoms with van der Waals surface area (Å²) in [6.07, 6.45) is 0. The summed E-state index contributed by atoms with van der Waals surface area (Å²) in [5.74, 6) is 0.0521. The fraction of sp³-hybridized carbons (Fsp3) is 0.308. The second-order valence-electron chi connectivity index (χ2n) is 4.46. The van der Waals surface area contributed by atoms with Crippen molar-refractivity contribution < 1.29 is 35.2 Å². The number of nitrogens with zero attached hydrogens (tertiary/aromatic N) is 1. The molecule has 0 atom stereocenters. The topological polar surface area (TPSA) is 74.7 Å². The van der Waals surface area contributed by atoms with Gasteiger partial charge in [-0.05, 0) is 24.4 Å². The van der Waals surface area contributed by atoms with Gasteiger partial charge in [0, 0.05) is 17.1 Å². The van der Waals surface area contributed by atoms with Crippen LogP contribution in [0.1, 0.15) is 5.69 Å². The van der Waals surface area contributed by atoms with Gasteiger partial charge in [0.2, 0.25) is 5.88 Å². The minimum Gasteiger partial charge on any atom is -0.493 e. The third kappa shape index (κ3) is 3.26. The van der Waals surface area contributed by atoms with Crippen LogP contribution in [0.3, 0.4) is 0 Å². The number of ether oxygens (including phenoxy) is 2. The Labute approximate surface area is 129 Å². The molecule has 0 aliphatic rings. The summed E-state index contributed by atoms with van der Waals surface area (Å²) >= 11 is 0. The van der Waals surface area contributed by atoms with Crippen molar-refractivity contribution in [2.45, 2.75) is 12.4 Å². The van der Waals surface area contributed by atoms with Crippen LogP contribution in [0.15, 0.2) is 18.2 Å². The van der Waals surface area contributed by atoms with E-state index in [9.17, 15) is 21.6 Å². The molecule has 0 unspecified atom stereocenters. The lowest BCUT2D eigenvalue weighted by atomic mass is 10.1. The molecule has 126 valence electrons. The zero-order valence-corrected chi connectivity index (χ0v) is 13.1. The van der Waals surface area contributed by atoms with E-state index in [0.717, 1.165) is 6.07 Å². The van der Waals surface area contributed by atoms with E-state index in [0.29, 0.717) is 22.3 Å². The van der Waals surface area contributed by atoms with Crippen LogP contribution in [0.25, 0.3) is 10.8 Å². The summed E-state index contributed by atoms with van der Waals surface area (Å²) < 4.78 is 73.5. The Balaban J connectivity index is 2.57. The van der Waals surface area contributed by atoms with E-state index in [1.807, 2.05) is 0 Å². The van der Waals surface area contributed by atoms with E-state index in [1.54, 1.807) is 6.07 Å². The molecule has 0 saturated heterocycles. The van der Waals surface area contributed by atoms with E-state index < -0.39 is 21.5 Å². The molecule has 0 amide bonds. The molecule has 10 heteroatoms. The van der Waals surface area contributed by atoms with Gasteiger partial charge in [0.1, 0.15) is 0 Å². The highest BCUT2D eigenvalue weighted by atomic mass is 32.2. The fourth-order valence-corrected chi connectivity index (χ4v) is 2.33. The Morgan fingerprint density at radius 1 is 1.04 bits per heavy atom. The molecule has 2 rings (SSSR count). The van der Waals surface area contributed by atoms with E-state index in [2.05, 4.69) is 9.17 Å². The number of benzene rings is 1. The lowest BCUT2D eigenvalue weighted by Gasteiger charge is -2.13. The third-order valence-corrected chi connectivity index (χ3v) is 3.94. The molecule has 0 aliphatic carbocycles. The first kappa shape index (κ1) is 17.1. The first-order chi connectivity index (χ1) is 10.6. The van der Waals surface area contributed by atoms with Crippen molar-refractivity contribution in [2.75, 3.05) is 14.2 Å². The molecule has 0 spiro atoms. The lowest BCUT2D eigenvalue weighted by Crippen LogP contribution is -2.28. The molecule has 0 fully saturated rings. The van der Waals surface area contributed by atoms with Gasteiger partial charge in [-0.3, -0.25) is 0 Å². The van der Waals surface area contributed by atoms with Crippen LogP contribution in [0.5, 0.6) is 17.4 Å². The second-order valence-corrected chi connectivity index (χ2v) is 6.00. The molecule has 6 nitrogen and oxygen atoms in total. The number of hydrogen-bond acceptors (Lipinski definition) is 6. The van der Waals surface area contributed by atoms with Crippen molar-refractivity contribution in [1.82, 2.24) is 4.98 Å². The zero-order chi connectivity index (χ0) is 17.4. The molecule has 0 bridgehead atoms. The van der Waals surface area contributed by atoms with Crippen molar-refractivity contribution >= 4 is 20.9 Å². The number of fused-ring (bicyclic) bond motifs is 1. The molecule has 1 heterocycles. The smallest absolute Gasteiger partial charge is 0.493 e. The van der Waals surface area contributed by atoms with E-state index in [1.165, 1.54) is 27.2 Å². The van der Waals surface area contributed by atoms with Gasteiger partial charge in [-0.15, -0.1) is 0 Å². The van der Waals surface area contributed by atoms with Crippen LogP contribution in [0.4, 0.5) is 13.2 Å². The quantitative estimate of drug-likeness (QED) is 0.623. The van der Waals surface area contributed by atoms with Crippen molar-refractivity contribution in [3.8, 4) is 17.4 Å². The first-order valence-electron chi connectivity index (χ1n) is 6.13. The number of halogens is 3. The van der Waals surface area contributed by atoms with E-state index in [-0.39, 0.29) is 5.69 Å². The molecule has 0 aliphatic heterocycles. The molecule has 0 radical (unpaired) electrons. The maximum Gasteiger partial charge on any atom is 0.534 e. The Morgan fingerprint density at radius 3 is 2.13 bits per heavy atom. The van der Waals surface area contributed by atoms with Gasteiger partial charge in [-0.2, -0.15) is 21.6 Å². The highest BCUT2D eigenvalue weighted by Crippen LogP contribution is 2.35. The normalized spacial score (nSPS) is 12.3. The number of pyridine rings is 1. The first-order valence-corrected chi connectivity index (χ1v) is 7.54. The van der Waals surface area contributed by atoms with E-state index >= 15 is 0 Å². The highest BCUT2D eigenvalue weighted by Gasteiger charge is 2.48. The summed E-state index contributed by atoms with van der Waals surface area (Å²) in [5, 5.41) is 0.946. The van der Waals surface area contributed by atoms with Gasteiger partial charge < -0.3 is 13.7 Å². The van der Waals surface area contributed by atoms with E-state index in [4.69, 9.17) is 9.47 Å². The average molecular weight is 351 g/mol. The molecule has 23 heavy (non-hydrogen) atoms. The maximum absolute atomic E-state index is 12.4. The summed E-state index contributed by atoms with van der Waals surface area (Å²) in [4.78, 5) is 3.73. The summed E-state index contributed by atoms with van der Waals surface area (Å²) in [6, 6.07) is 4.14. The van der Waals surface area contributed by atoms with Crippen molar-refractivity contribution in [3.05, 3.63) is 23.9 Å². The Kier molecular flexibility index (Phi) is 4.29. The number of methoxy groups -OCH3 is 2. The second kappa shape index (κ2) is 5.76. The SMILES string of the molecule is COc1cc2cc(OS(=O)(=O)C(F)(F)F)nc(C)c2cc1OC. The van der Waals surface area contributed by atoms with Crippen LogP contribution in [0.2, 0.25) is 0 Å². The fourth-order valence-electron chi connectivity index (χ4n) is 1.92. The van der Waals surface area contributed by atoms with Crippen LogP contribution in [0, 0.1) is 6.92 Å². The molecular weight excluding hydrogens is 339 g/mol. The largest absolute Gasteiger partial charge is 0.534 e. The Hall–Kier alpha value is -2.23. The number of aryl methyl sites for hydroxylation is 1. The van der Waals surface area contributed by atoms with Gasteiger partial charge in [0.05, 0.1) is 14.2 Å². The predicted molar refractivity (Wildman–Crippen MR) is 75.2 cm³/mol. The van der Waals surface area contributed by atoms with Gasteiger partial charge in [-0.25, -0.2) is 4.98 Å².